The molecule has 0 saturated heterocycles. The van der Waals surface area contributed by atoms with Gasteiger partial charge < -0.3 is 10.0 Å². The molecule has 194 valence electrons. The van der Waals surface area contributed by atoms with Crippen molar-refractivity contribution < 1.29 is 31.0 Å². The van der Waals surface area contributed by atoms with E-state index >= 15 is 0 Å². The number of β-amino-alcohol motifs (C(OH)–C–C–N with tert-alkyl or cyclic N) is 1. The zero-order chi connectivity index (χ0) is 25.2. The van der Waals surface area contributed by atoms with Crippen molar-refractivity contribution in [3.05, 3.63) is 12.2 Å². The first kappa shape index (κ1) is 34.0. The van der Waals surface area contributed by atoms with E-state index in [4.69, 9.17) is 5.11 Å². The van der Waals surface area contributed by atoms with Crippen molar-refractivity contribution in [3.8, 4) is 0 Å². The molecular weight excluding hydrogens is 444 g/mol. The van der Waals surface area contributed by atoms with Crippen LogP contribution < -0.4 is 0 Å². The maximum absolute atomic E-state index is 9.67. The van der Waals surface area contributed by atoms with Crippen molar-refractivity contribution in [3.63, 3.8) is 0 Å². The van der Waals surface area contributed by atoms with E-state index in [1.165, 1.54) is 89.3 Å². The van der Waals surface area contributed by atoms with Crippen LogP contribution in [0.15, 0.2) is 17.1 Å². The summed E-state index contributed by atoms with van der Waals surface area (Å²) in [6.45, 7) is 5.19. The Hall–Kier alpha value is -1.12. The first-order valence-corrected chi connectivity index (χ1v) is 12.2. The van der Waals surface area contributed by atoms with Crippen LogP contribution >= 0.6 is 0 Å². The van der Waals surface area contributed by atoms with Gasteiger partial charge in [0.05, 0.1) is 19.0 Å². The minimum Gasteiger partial charge on any atom is -0.395 e. The van der Waals surface area contributed by atoms with Crippen LogP contribution in [0.2, 0.25) is 0 Å². The molecule has 0 spiro atoms. The highest BCUT2D eigenvalue weighted by molar-refractivity contribution is 6.33. The van der Waals surface area contributed by atoms with Gasteiger partial charge in [0.1, 0.15) is 0 Å². The first-order chi connectivity index (χ1) is 15.8. The summed E-state index contributed by atoms with van der Waals surface area (Å²) in [6.07, 6.45) is 23.4. The fourth-order valence-corrected chi connectivity index (χ4v) is 3.48. The molecule has 0 atom stereocenters. The molecule has 1 aliphatic heterocycles. The molecule has 0 aromatic heterocycles. The van der Waals surface area contributed by atoms with Gasteiger partial charge in [-0.2, -0.15) is 0 Å². The summed E-state index contributed by atoms with van der Waals surface area (Å²) in [5.74, 6) is 1.23. The standard InChI is InChI=1S/C22H42N2O.2BF3/c1-2-3-4-5-6-7-8-9-10-11-12-13-14-15-16-17-22-23-18-19-24(22)20-21-25;2*2-1(3)4/h9-10,25H,2-8,11-21H2,1H3;;/b10-9+;;. The molecule has 33 heavy (non-hydrogen) atoms. The molecule has 0 aromatic rings. The SMILES string of the molecule is CCCCCCCC/C=C/CCCCCCCC1=NCCN1CCO.FB(F)F.FB(F)F. The Balaban J connectivity index is 0. The highest BCUT2D eigenvalue weighted by Crippen LogP contribution is 2.12. The maximum Gasteiger partial charge on any atom is 0.762 e. The van der Waals surface area contributed by atoms with Gasteiger partial charge in [0, 0.05) is 19.5 Å². The minimum atomic E-state index is -3.67. The number of hydrogen-bond acceptors (Lipinski definition) is 3. The van der Waals surface area contributed by atoms with E-state index in [1.54, 1.807) is 0 Å². The molecule has 1 heterocycles. The molecule has 1 rings (SSSR count). The third-order valence-electron chi connectivity index (χ3n) is 5.06. The normalized spacial score (nSPS) is 12.7. The highest BCUT2D eigenvalue weighted by Gasteiger charge is 2.15. The van der Waals surface area contributed by atoms with E-state index in [1.807, 2.05) is 0 Å². The number of nitrogens with zero attached hydrogens (tertiary/aromatic N) is 2. The van der Waals surface area contributed by atoms with E-state index in [-0.39, 0.29) is 6.61 Å². The van der Waals surface area contributed by atoms with Gasteiger partial charge in [-0.3, -0.25) is 30.9 Å². The zero-order valence-electron chi connectivity index (χ0n) is 20.1. The Bertz CT molecular complexity index is 449. The predicted octanol–water partition coefficient (Wildman–Crippen LogP) is 7.49. The average Bonchev–Trinajstić information content (AvgIpc) is 3.17. The highest BCUT2D eigenvalue weighted by atomic mass is 19.4. The van der Waals surface area contributed by atoms with Gasteiger partial charge in [-0.1, -0.05) is 70.4 Å². The third kappa shape index (κ3) is 30.9. The molecular formula is C22H42B2F6N2O. The Morgan fingerprint density at radius 1 is 0.788 bits per heavy atom. The van der Waals surface area contributed by atoms with Crippen molar-refractivity contribution in [1.29, 1.82) is 0 Å². The zero-order valence-corrected chi connectivity index (χ0v) is 20.1. The lowest BCUT2D eigenvalue weighted by Gasteiger charge is -2.18. The molecule has 0 fully saturated rings. The van der Waals surface area contributed by atoms with E-state index in [0.29, 0.717) is 0 Å². The largest absolute Gasteiger partial charge is 0.762 e. The van der Waals surface area contributed by atoms with Crippen LogP contribution in [0.4, 0.5) is 25.9 Å². The van der Waals surface area contributed by atoms with Crippen molar-refractivity contribution in [2.75, 3.05) is 26.2 Å². The average molecular weight is 486 g/mol. The molecule has 1 N–H and O–H groups in total. The summed E-state index contributed by atoms with van der Waals surface area (Å²) in [7, 11) is -7.33. The topological polar surface area (TPSA) is 35.8 Å². The summed E-state index contributed by atoms with van der Waals surface area (Å²) in [5, 5.41) is 9.05. The Labute approximate surface area is 197 Å². The predicted molar refractivity (Wildman–Crippen MR) is 129 cm³/mol. The molecule has 3 nitrogen and oxygen atoms in total. The number of unbranched alkanes of at least 4 members (excludes halogenated alkanes) is 11. The van der Waals surface area contributed by atoms with E-state index in [9.17, 15) is 25.9 Å². The van der Waals surface area contributed by atoms with Crippen LogP contribution in [0.25, 0.3) is 0 Å². The smallest absolute Gasteiger partial charge is 0.395 e. The van der Waals surface area contributed by atoms with Crippen molar-refractivity contribution in [2.24, 2.45) is 4.99 Å². The lowest BCUT2D eigenvalue weighted by atomic mass is 10.1. The molecule has 11 heteroatoms. The van der Waals surface area contributed by atoms with Crippen molar-refractivity contribution in [1.82, 2.24) is 4.90 Å². The van der Waals surface area contributed by atoms with Gasteiger partial charge in [-0.15, -0.1) is 0 Å². The van der Waals surface area contributed by atoms with Crippen LogP contribution in [-0.4, -0.2) is 57.2 Å². The number of aliphatic hydroxyl groups is 1. The number of halogens is 6. The Morgan fingerprint density at radius 2 is 1.24 bits per heavy atom. The number of amidine groups is 1. The Kier molecular flexibility index (Phi) is 28.0. The van der Waals surface area contributed by atoms with Gasteiger partial charge in [0.15, 0.2) is 0 Å². The summed E-state index contributed by atoms with van der Waals surface area (Å²) in [4.78, 5) is 6.81. The second-order valence-corrected chi connectivity index (χ2v) is 7.84. The molecule has 0 bridgehead atoms. The lowest BCUT2D eigenvalue weighted by molar-refractivity contribution is 0.255. The molecule has 0 unspecified atom stereocenters. The number of hydrogen-bond donors (Lipinski definition) is 1. The molecule has 0 saturated carbocycles. The van der Waals surface area contributed by atoms with Crippen LogP contribution in [0.1, 0.15) is 96.8 Å². The second-order valence-electron chi connectivity index (χ2n) is 7.84. The van der Waals surface area contributed by atoms with Crippen LogP contribution in [-0.2, 0) is 0 Å². The molecule has 0 radical (unpaired) electrons. The number of allylic oxidation sites excluding steroid dienone is 2. The van der Waals surface area contributed by atoms with Gasteiger partial charge in [0.25, 0.3) is 0 Å². The monoisotopic (exact) mass is 486 g/mol. The van der Waals surface area contributed by atoms with Gasteiger partial charge in [-0.25, -0.2) is 0 Å². The van der Waals surface area contributed by atoms with Gasteiger partial charge in [-0.05, 0) is 32.1 Å². The minimum absolute atomic E-state index is 0.241. The third-order valence-corrected chi connectivity index (χ3v) is 5.06. The van der Waals surface area contributed by atoms with Crippen LogP contribution in [0.5, 0.6) is 0 Å². The number of aliphatic imine (C=N–C) groups is 1. The molecule has 0 aromatic carbocycles. The summed E-state index contributed by atoms with van der Waals surface area (Å²) in [6, 6.07) is 0. The maximum atomic E-state index is 9.67. The molecule has 0 aliphatic carbocycles. The molecule has 0 amide bonds. The fraction of sp³-hybridized carbons (Fsp3) is 0.864. The second kappa shape index (κ2) is 27.1. The molecule has 1 aliphatic rings. The fourth-order valence-electron chi connectivity index (χ4n) is 3.48. The van der Waals surface area contributed by atoms with Crippen LogP contribution in [0.3, 0.4) is 0 Å². The number of aliphatic hydroxyl groups excluding tert-OH is 1. The van der Waals surface area contributed by atoms with E-state index in [2.05, 4.69) is 29.0 Å². The summed E-state index contributed by atoms with van der Waals surface area (Å²) < 4.78 is 58.0. The number of rotatable bonds is 17. The van der Waals surface area contributed by atoms with Crippen molar-refractivity contribution >= 4 is 20.9 Å². The summed E-state index contributed by atoms with van der Waals surface area (Å²) >= 11 is 0. The lowest BCUT2D eigenvalue weighted by Crippen LogP contribution is -2.30. The summed E-state index contributed by atoms with van der Waals surface area (Å²) in [5.41, 5.74) is 0. The van der Waals surface area contributed by atoms with E-state index in [0.717, 1.165) is 26.1 Å². The van der Waals surface area contributed by atoms with Gasteiger partial charge >= 0.3 is 15.1 Å². The van der Waals surface area contributed by atoms with E-state index < -0.39 is 15.1 Å². The van der Waals surface area contributed by atoms with Crippen LogP contribution in [0, 0.1) is 0 Å². The quantitative estimate of drug-likeness (QED) is 0.100. The Morgan fingerprint density at radius 3 is 1.73 bits per heavy atom. The first-order valence-electron chi connectivity index (χ1n) is 12.2. The van der Waals surface area contributed by atoms with Crippen molar-refractivity contribution in [2.45, 2.75) is 96.8 Å². The van der Waals surface area contributed by atoms with Gasteiger partial charge in [0.2, 0.25) is 0 Å².